The summed E-state index contributed by atoms with van der Waals surface area (Å²) in [6.45, 7) is 7.71. The van der Waals surface area contributed by atoms with Crippen LogP contribution >= 0.6 is 0 Å². The van der Waals surface area contributed by atoms with Crippen LogP contribution in [0.3, 0.4) is 0 Å². The summed E-state index contributed by atoms with van der Waals surface area (Å²) in [5, 5.41) is 0.998. The highest BCUT2D eigenvalue weighted by molar-refractivity contribution is 6.05. The molecule has 0 aliphatic rings. The number of halogens is 1. The number of para-hydroxylation sites is 1. The van der Waals surface area contributed by atoms with Crippen LogP contribution in [0.5, 0.6) is 5.75 Å². The van der Waals surface area contributed by atoms with Gasteiger partial charge in [-0.15, -0.1) is 0 Å². The van der Waals surface area contributed by atoms with Gasteiger partial charge in [0.15, 0.2) is 0 Å². The van der Waals surface area contributed by atoms with E-state index in [-0.39, 0.29) is 17.1 Å². The second kappa shape index (κ2) is 9.49. The Kier molecular flexibility index (Phi) is 6.50. The summed E-state index contributed by atoms with van der Waals surface area (Å²) in [5.74, 6) is 0.201. The third kappa shape index (κ3) is 5.43. The molecule has 0 aliphatic heterocycles. The standard InChI is InChI=1S/C28H29FN2O2/c1-28(2,3)22-9-7-20(8-10-22)19-31(17-18-33-24-13-11-23(29)12-14-24)27(32)25-6-4-5-21-15-16-30-26(21)25/h4-16,30H,17-19H2,1-3H3. The van der Waals surface area contributed by atoms with Gasteiger partial charge in [0, 0.05) is 18.1 Å². The van der Waals surface area contributed by atoms with Crippen molar-refractivity contribution in [1.29, 1.82) is 0 Å². The minimum Gasteiger partial charge on any atom is -0.492 e. The van der Waals surface area contributed by atoms with Crippen LogP contribution in [0, 0.1) is 5.82 Å². The van der Waals surface area contributed by atoms with Crippen LogP contribution in [0.1, 0.15) is 42.3 Å². The fourth-order valence-electron chi connectivity index (χ4n) is 3.82. The van der Waals surface area contributed by atoms with Crippen LogP contribution < -0.4 is 4.74 Å². The Bertz CT molecular complexity index is 1220. The Morgan fingerprint density at radius 2 is 1.70 bits per heavy atom. The summed E-state index contributed by atoms with van der Waals surface area (Å²) < 4.78 is 18.9. The van der Waals surface area contributed by atoms with Gasteiger partial charge in [0.2, 0.25) is 0 Å². The van der Waals surface area contributed by atoms with Crippen molar-refractivity contribution in [2.75, 3.05) is 13.2 Å². The number of ether oxygens (including phenoxy) is 1. The molecule has 5 heteroatoms. The van der Waals surface area contributed by atoms with Crippen LogP contribution in [-0.2, 0) is 12.0 Å². The summed E-state index contributed by atoms with van der Waals surface area (Å²) in [6.07, 6.45) is 1.84. The van der Waals surface area contributed by atoms with Crippen molar-refractivity contribution >= 4 is 16.8 Å². The number of aromatic nitrogens is 1. The van der Waals surface area contributed by atoms with E-state index < -0.39 is 0 Å². The normalized spacial score (nSPS) is 11.5. The predicted molar refractivity (Wildman–Crippen MR) is 130 cm³/mol. The van der Waals surface area contributed by atoms with Gasteiger partial charge >= 0.3 is 0 Å². The number of rotatable bonds is 7. The van der Waals surface area contributed by atoms with E-state index in [1.165, 1.54) is 17.7 Å². The zero-order valence-corrected chi connectivity index (χ0v) is 19.3. The smallest absolute Gasteiger partial charge is 0.256 e. The number of nitrogens with zero attached hydrogens (tertiary/aromatic N) is 1. The highest BCUT2D eigenvalue weighted by Gasteiger charge is 2.20. The number of hydrogen-bond acceptors (Lipinski definition) is 2. The topological polar surface area (TPSA) is 45.3 Å². The lowest BCUT2D eigenvalue weighted by molar-refractivity contribution is 0.0718. The third-order valence-corrected chi connectivity index (χ3v) is 5.74. The van der Waals surface area contributed by atoms with E-state index in [2.05, 4.69) is 50.0 Å². The number of nitrogens with one attached hydrogen (secondary N) is 1. The average molecular weight is 445 g/mol. The highest BCUT2D eigenvalue weighted by Crippen LogP contribution is 2.24. The molecule has 3 aromatic carbocycles. The Morgan fingerprint density at radius 3 is 2.39 bits per heavy atom. The van der Waals surface area contributed by atoms with Crippen LogP contribution in [0.4, 0.5) is 4.39 Å². The summed E-state index contributed by atoms with van der Waals surface area (Å²) in [5.41, 5.74) is 3.83. The van der Waals surface area contributed by atoms with E-state index in [9.17, 15) is 9.18 Å². The average Bonchev–Trinajstić information content (AvgIpc) is 3.28. The first-order chi connectivity index (χ1) is 15.8. The monoisotopic (exact) mass is 444 g/mol. The van der Waals surface area contributed by atoms with E-state index in [4.69, 9.17) is 4.74 Å². The lowest BCUT2D eigenvalue weighted by atomic mass is 9.87. The number of hydrogen-bond donors (Lipinski definition) is 1. The van der Waals surface area contributed by atoms with E-state index in [1.807, 2.05) is 30.5 Å². The van der Waals surface area contributed by atoms with Crippen molar-refractivity contribution < 1.29 is 13.9 Å². The molecule has 170 valence electrons. The van der Waals surface area contributed by atoms with Gasteiger partial charge in [-0.1, -0.05) is 57.2 Å². The van der Waals surface area contributed by atoms with Crippen molar-refractivity contribution in [3.8, 4) is 5.75 Å². The maximum absolute atomic E-state index is 13.6. The van der Waals surface area contributed by atoms with Crippen molar-refractivity contribution in [2.24, 2.45) is 0 Å². The number of H-pyrrole nitrogens is 1. The minimum absolute atomic E-state index is 0.0642. The fourth-order valence-corrected chi connectivity index (χ4v) is 3.82. The molecule has 0 bridgehead atoms. The van der Waals surface area contributed by atoms with E-state index >= 15 is 0 Å². The predicted octanol–water partition coefficient (Wildman–Crippen LogP) is 6.33. The van der Waals surface area contributed by atoms with Gasteiger partial charge in [-0.3, -0.25) is 4.79 Å². The number of aromatic amines is 1. The van der Waals surface area contributed by atoms with Crippen LogP contribution in [0.15, 0.2) is 79.0 Å². The zero-order valence-electron chi connectivity index (χ0n) is 19.3. The number of carbonyl (C=O) groups is 1. The van der Waals surface area contributed by atoms with E-state index in [0.29, 0.717) is 31.0 Å². The van der Waals surface area contributed by atoms with Crippen molar-refractivity contribution in [1.82, 2.24) is 9.88 Å². The molecule has 0 atom stereocenters. The minimum atomic E-state index is -0.308. The number of fused-ring (bicyclic) bond motifs is 1. The Labute approximate surface area is 194 Å². The number of benzene rings is 3. The molecular formula is C28H29FN2O2. The van der Waals surface area contributed by atoms with Gasteiger partial charge in [0.1, 0.15) is 18.2 Å². The van der Waals surface area contributed by atoms with E-state index in [0.717, 1.165) is 16.5 Å². The molecule has 0 saturated carbocycles. The summed E-state index contributed by atoms with van der Waals surface area (Å²) in [7, 11) is 0. The van der Waals surface area contributed by atoms with Crippen molar-refractivity contribution in [2.45, 2.75) is 32.7 Å². The van der Waals surface area contributed by atoms with Crippen LogP contribution in [-0.4, -0.2) is 28.9 Å². The molecule has 0 aliphatic carbocycles. The molecule has 0 spiro atoms. The SMILES string of the molecule is CC(C)(C)c1ccc(CN(CCOc2ccc(F)cc2)C(=O)c2cccc3cc[nH]c23)cc1. The largest absolute Gasteiger partial charge is 0.492 e. The summed E-state index contributed by atoms with van der Waals surface area (Å²) in [6, 6.07) is 22.0. The Balaban J connectivity index is 1.55. The highest BCUT2D eigenvalue weighted by atomic mass is 19.1. The lowest BCUT2D eigenvalue weighted by Gasteiger charge is -2.24. The molecule has 33 heavy (non-hydrogen) atoms. The van der Waals surface area contributed by atoms with Crippen LogP contribution in [0.2, 0.25) is 0 Å². The van der Waals surface area contributed by atoms with Crippen molar-refractivity contribution in [3.63, 3.8) is 0 Å². The molecule has 4 rings (SSSR count). The third-order valence-electron chi connectivity index (χ3n) is 5.74. The van der Waals surface area contributed by atoms with Gasteiger partial charge in [0.05, 0.1) is 17.6 Å². The molecule has 0 radical (unpaired) electrons. The molecule has 0 fully saturated rings. The quantitative estimate of drug-likeness (QED) is 0.362. The zero-order chi connectivity index (χ0) is 23.4. The lowest BCUT2D eigenvalue weighted by Crippen LogP contribution is -2.34. The summed E-state index contributed by atoms with van der Waals surface area (Å²) >= 11 is 0. The number of carbonyl (C=O) groups excluding carboxylic acids is 1. The van der Waals surface area contributed by atoms with Gasteiger partial charge in [-0.05, 0) is 52.9 Å². The van der Waals surface area contributed by atoms with Gasteiger partial charge < -0.3 is 14.6 Å². The fraction of sp³-hybridized carbons (Fsp3) is 0.250. The molecule has 4 nitrogen and oxygen atoms in total. The first-order valence-electron chi connectivity index (χ1n) is 11.1. The van der Waals surface area contributed by atoms with E-state index in [1.54, 1.807) is 17.0 Å². The van der Waals surface area contributed by atoms with Crippen LogP contribution in [0.25, 0.3) is 10.9 Å². The first kappa shape index (κ1) is 22.6. The maximum atomic E-state index is 13.6. The van der Waals surface area contributed by atoms with Gasteiger partial charge in [-0.25, -0.2) is 4.39 Å². The van der Waals surface area contributed by atoms with Crippen molar-refractivity contribution in [3.05, 3.63) is 102 Å². The maximum Gasteiger partial charge on any atom is 0.256 e. The first-order valence-corrected chi connectivity index (χ1v) is 11.1. The Morgan fingerprint density at radius 1 is 0.970 bits per heavy atom. The number of amides is 1. The molecule has 1 amide bonds. The molecular weight excluding hydrogens is 415 g/mol. The van der Waals surface area contributed by atoms with Gasteiger partial charge in [0.25, 0.3) is 5.91 Å². The molecule has 4 aromatic rings. The molecule has 0 saturated heterocycles. The second-order valence-corrected chi connectivity index (χ2v) is 9.22. The molecule has 1 heterocycles. The summed E-state index contributed by atoms with van der Waals surface area (Å²) in [4.78, 5) is 18.6. The molecule has 1 N–H and O–H groups in total. The van der Waals surface area contributed by atoms with Gasteiger partial charge in [-0.2, -0.15) is 0 Å². The Hall–Kier alpha value is -3.60. The molecule has 0 unspecified atom stereocenters. The molecule has 1 aromatic heterocycles. The second-order valence-electron chi connectivity index (χ2n) is 9.22.